The Hall–Kier alpha value is -1.67. The summed E-state index contributed by atoms with van der Waals surface area (Å²) in [6, 6.07) is 4.46. The fourth-order valence-electron chi connectivity index (χ4n) is 3.14. The van der Waals surface area contributed by atoms with Gasteiger partial charge in [-0.1, -0.05) is 6.07 Å². The lowest BCUT2D eigenvalue weighted by atomic mass is 9.73. The molecule has 128 valence electrons. The molecule has 0 amide bonds. The molecule has 7 heteroatoms. The first-order valence-corrected chi connectivity index (χ1v) is 7.44. The van der Waals surface area contributed by atoms with Gasteiger partial charge in [0.05, 0.1) is 24.9 Å². The number of rotatable bonds is 5. The molecule has 1 aliphatic rings. The Morgan fingerprint density at radius 1 is 1.17 bits per heavy atom. The fraction of sp³-hybridized carbons (Fsp3) is 0.562. The third-order valence-electron chi connectivity index (χ3n) is 4.52. The van der Waals surface area contributed by atoms with Crippen LogP contribution in [0.4, 0.5) is 0 Å². The van der Waals surface area contributed by atoms with E-state index in [-0.39, 0.29) is 18.1 Å². The second kappa shape index (κ2) is 7.27. The highest BCUT2D eigenvalue weighted by molar-refractivity contribution is 5.88. The molecular weight excluding hydrogens is 304 g/mol. The molecule has 0 aliphatic heterocycles. The maximum Gasteiger partial charge on any atom is 0.335 e. The number of aliphatic hydroxyl groups is 4. The summed E-state index contributed by atoms with van der Waals surface area (Å²) >= 11 is 0. The predicted octanol–water partition coefficient (Wildman–Crippen LogP) is -0.353. The van der Waals surface area contributed by atoms with Crippen LogP contribution >= 0.6 is 0 Å². The largest absolute Gasteiger partial charge is 0.496 e. The number of carbonyl (C=O) groups is 1. The van der Waals surface area contributed by atoms with Crippen molar-refractivity contribution in [2.75, 3.05) is 13.7 Å². The van der Waals surface area contributed by atoms with Gasteiger partial charge in [-0.15, -0.1) is 0 Å². The first-order valence-electron chi connectivity index (χ1n) is 7.44. The molecule has 1 aromatic carbocycles. The molecule has 0 aromatic heterocycles. The minimum absolute atomic E-state index is 0.0958. The van der Waals surface area contributed by atoms with Crippen molar-refractivity contribution in [1.82, 2.24) is 0 Å². The van der Waals surface area contributed by atoms with Crippen LogP contribution in [-0.4, -0.2) is 63.5 Å². The maximum absolute atomic E-state index is 11.0. The molecule has 0 radical (unpaired) electrons. The lowest BCUT2D eigenvalue weighted by Gasteiger charge is -2.40. The summed E-state index contributed by atoms with van der Waals surface area (Å²) in [5, 5.41) is 48.2. The number of hydrogen-bond donors (Lipinski definition) is 5. The van der Waals surface area contributed by atoms with E-state index in [1.807, 2.05) is 0 Å². The van der Waals surface area contributed by atoms with Gasteiger partial charge in [-0.3, -0.25) is 0 Å². The van der Waals surface area contributed by atoms with Crippen molar-refractivity contribution in [2.24, 2.45) is 11.8 Å². The van der Waals surface area contributed by atoms with E-state index in [1.165, 1.54) is 19.2 Å². The van der Waals surface area contributed by atoms with E-state index in [9.17, 15) is 25.2 Å². The van der Waals surface area contributed by atoms with E-state index < -0.39 is 30.2 Å². The van der Waals surface area contributed by atoms with Crippen molar-refractivity contribution in [3.8, 4) is 5.75 Å². The average Bonchev–Trinajstić information content (AvgIpc) is 2.55. The van der Waals surface area contributed by atoms with Crippen molar-refractivity contribution in [3.63, 3.8) is 0 Å². The number of aliphatic hydroxyl groups excluding tert-OH is 4. The van der Waals surface area contributed by atoms with Crippen LogP contribution in [0.5, 0.6) is 5.75 Å². The molecule has 7 nitrogen and oxygen atoms in total. The van der Waals surface area contributed by atoms with Crippen molar-refractivity contribution >= 4 is 5.97 Å². The summed E-state index contributed by atoms with van der Waals surface area (Å²) in [6.45, 7) is -0.281. The van der Waals surface area contributed by atoms with Crippen molar-refractivity contribution in [1.29, 1.82) is 0 Å². The van der Waals surface area contributed by atoms with E-state index in [0.29, 0.717) is 24.2 Å². The van der Waals surface area contributed by atoms with Crippen molar-refractivity contribution < 1.29 is 35.1 Å². The van der Waals surface area contributed by atoms with Gasteiger partial charge in [-0.25, -0.2) is 4.79 Å². The molecule has 0 spiro atoms. The second-order valence-corrected chi connectivity index (χ2v) is 5.95. The molecule has 1 aromatic rings. The van der Waals surface area contributed by atoms with Gasteiger partial charge in [0.25, 0.3) is 0 Å². The zero-order valence-corrected chi connectivity index (χ0v) is 12.8. The highest BCUT2D eigenvalue weighted by Crippen LogP contribution is 2.34. The van der Waals surface area contributed by atoms with Gasteiger partial charge in [0.2, 0.25) is 0 Å². The van der Waals surface area contributed by atoms with Gasteiger partial charge in [-0.2, -0.15) is 0 Å². The van der Waals surface area contributed by atoms with Crippen LogP contribution in [0.2, 0.25) is 0 Å². The minimum Gasteiger partial charge on any atom is -0.496 e. The third-order valence-corrected chi connectivity index (χ3v) is 4.52. The smallest absolute Gasteiger partial charge is 0.335 e. The zero-order chi connectivity index (χ0) is 17.1. The van der Waals surface area contributed by atoms with Gasteiger partial charge in [-0.05, 0) is 36.5 Å². The molecule has 0 heterocycles. The van der Waals surface area contributed by atoms with Crippen LogP contribution < -0.4 is 4.74 Å². The number of carboxylic acids is 1. The van der Waals surface area contributed by atoms with Crippen LogP contribution in [-0.2, 0) is 6.42 Å². The van der Waals surface area contributed by atoms with Gasteiger partial charge in [0, 0.05) is 12.5 Å². The van der Waals surface area contributed by atoms with Gasteiger partial charge in [0.15, 0.2) is 0 Å². The lowest BCUT2D eigenvalue weighted by Crippen LogP contribution is -2.52. The molecule has 0 bridgehead atoms. The normalized spacial score (nSPS) is 30.9. The van der Waals surface area contributed by atoms with Crippen molar-refractivity contribution in [2.45, 2.75) is 31.2 Å². The minimum atomic E-state index is -1.32. The molecule has 1 saturated carbocycles. The first-order chi connectivity index (χ1) is 10.9. The SMILES string of the molecule is COc1cc(C(=O)O)ccc1C[C@@H]1CC(CO)[C@@H](O)C(O)[C@@H]1O. The number of hydrogen-bond acceptors (Lipinski definition) is 6. The van der Waals surface area contributed by atoms with E-state index in [2.05, 4.69) is 0 Å². The van der Waals surface area contributed by atoms with Crippen molar-refractivity contribution in [3.05, 3.63) is 29.3 Å². The number of carboxylic acid groups (broad SMARTS) is 1. The van der Waals surface area contributed by atoms with Crippen LogP contribution in [0.15, 0.2) is 18.2 Å². The van der Waals surface area contributed by atoms with E-state index in [4.69, 9.17) is 9.84 Å². The molecule has 5 N–H and O–H groups in total. The third kappa shape index (κ3) is 3.64. The quantitative estimate of drug-likeness (QED) is 0.500. The standard InChI is InChI=1S/C16H22O7/c1-23-12-6-9(16(21)22)3-2-8(12)4-10-5-11(7-17)14(19)15(20)13(10)18/h2-3,6,10-11,13-15,17-20H,4-5,7H2,1H3,(H,21,22)/t10-,11?,13-,14-,15?/m1/s1. The number of methoxy groups -OCH3 is 1. The van der Waals surface area contributed by atoms with Crippen LogP contribution in [0.25, 0.3) is 0 Å². The zero-order valence-electron chi connectivity index (χ0n) is 12.8. The number of ether oxygens (including phenoxy) is 1. The summed E-state index contributed by atoms with van der Waals surface area (Å²) in [7, 11) is 1.43. The lowest BCUT2D eigenvalue weighted by molar-refractivity contribution is -0.141. The highest BCUT2D eigenvalue weighted by Gasteiger charge is 2.42. The Labute approximate surface area is 133 Å². The second-order valence-electron chi connectivity index (χ2n) is 5.95. The monoisotopic (exact) mass is 326 g/mol. The molecule has 1 aliphatic carbocycles. The van der Waals surface area contributed by atoms with E-state index in [1.54, 1.807) is 6.07 Å². The highest BCUT2D eigenvalue weighted by atomic mass is 16.5. The summed E-state index contributed by atoms with van der Waals surface area (Å²) in [6.07, 6.45) is -2.93. The summed E-state index contributed by atoms with van der Waals surface area (Å²) in [5.41, 5.74) is 0.792. The van der Waals surface area contributed by atoms with Gasteiger partial charge in [0.1, 0.15) is 11.9 Å². The van der Waals surface area contributed by atoms with Gasteiger partial charge >= 0.3 is 5.97 Å². The predicted molar refractivity (Wildman–Crippen MR) is 80.4 cm³/mol. The molecule has 1 fully saturated rings. The Balaban J connectivity index is 2.22. The maximum atomic E-state index is 11.0. The Morgan fingerprint density at radius 2 is 1.83 bits per heavy atom. The molecule has 5 atom stereocenters. The molecule has 2 rings (SSSR count). The first kappa shape index (κ1) is 17.7. The number of benzene rings is 1. The Morgan fingerprint density at radius 3 is 2.39 bits per heavy atom. The van der Waals surface area contributed by atoms with Crippen LogP contribution in [0.1, 0.15) is 22.3 Å². The summed E-state index contributed by atoms with van der Waals surface area (Å²) < 4.78 is 5.21. The Bertz CT molecular complexity index is 557. The molecule has 2 unspecified atom stereocenters. The van der Waals surface area contributed by atoms with E-state index in [0.717, 1.165) is 0 Å². The fourth-order valence-corrected chi connectivity index (χ4v) is 3.14. The Kier molecular flexibility index (Phi) is 5.59. The summed E-state index contributed by atoms with van der Waals surface area (Å²) in [4.78, 5) is 11.0. The molecular formula is C16H22O7. The van der Waals surface area contributed by atoms with E-state index >= 15 is 0 Å². The average molecular weight is 326 g/mol. The molecule has 23 heavy (non-hydrogen) atoms. The summed E-state index contributed by atoms with van der Waals surface area (Å²) in [5.74, 6) is -1.57. The van der Waals surface area contributed by atoms with Crippen LogP contribution in [0, 0.1) is 11.8 Å². The molecule has 0 saturated heterocycles. The van der Waals surface area contributed by atoms with Gasteiger partial charge < -0.3 is 30.3 Å². The topological polar surface area (TPSA) is 127 Å². The number of aromatic carboxylic acids is 1. The van der Waals surface area contributed by atoms with Crippen LogP contribution in [0.3, 0.4) is 0 Å².